The minimum atomic E-state index is -4.12. The summed E-state index contributed by atoms with van der Waals surface area (Å²) >= 11 is 6.23. The maximum Gasteiger partial charge on any atom is 0.270 e. The molecule has 0 atom stereocenters. The summed E-state index contributed by atoms with van der Waals surface area (Å²) in [6.07, 6.45) is 0. The second-order valence-electron chi connectivity index (χ2n) is 6.89. The van der Waals surface area contributed by atoms with Crippen LogP contribution in [0.15, 0.2) is 77.7 Å². The van der Waals surface area contributed by atoms with Crippen LogP contribution in [0.5, 0.6) is 5.75 Å². The average molecular weight is 455 g/mol. The zero-order chi connectivity index (χ0) is 22.2. The second-order valence-corrected chi connectivity index (χ2v) is 9.23. The predicted octanol–water partition coefficient (Wildman–Crippen LogP) is 4.53. The number of benzene rings is 3. The molecule has 0 bridgehead atoms. The molecular formula is C23H19ClN2O4S. The van der Waals surface area contributed by atoms with Gasteiger partial charge in [-0.25, -0.2) is 8.42 Å². The third-order valence-electron chi connectivity index (χ3n) is 5.03. The molecule has 1 aliphatic rings. The van der Waals surface area contributed by atoms with E-state index < -0.39 is 15.9 Å². The highest BCUT2D eigenvalue weighted by atomic mass is 35.5. The molecule has 0 fully saturated rings. The van der Waals surface area contributed by atoms with Crippen LogP contribution in [-0.2, 0) is 14.8 Å². The Morgan fingerprint density at radius 2 is 1.68 bits per heavy atom. The van der Waals surface area contributed by atoms with Gasteiger partial charge in [0.05, 0.1) is 12.8 Å². The summed E-state index contributed by atoms with van der Waals surface area (Å²) < 4.78 is 33.1. The van der Waals surface area contributed by atoms with Crippen molar-refractivity contribution < 1.29 is 17.9 Å². The number of halogens is 1. The van der Waals surface area contributed by atoms with Crippen LogP contribution in [0, 0.1) is 0 Å². The molecule has 0 radical (unpaired) electrons. The number of fused-ring (bicyclic) bond motifs is 1. The van der Waals surface area contributed by atoms with Gasteiger partial charge in [-0.05, 0) is 48.0 Å². The number of methoxy groups -OCH3 is 1. The number of rotatable bonds is 4. The zero-order valence-electron chi connectivity index (χ0n) is 16.8. The lowest BCUT2D eigenvalue weighted by Crippen LogP contribution is -2.37. The normalized spacial score (nSPS) is 14.7. The Bertz CT molecular complexity index is 1290. The summed E-state index contributed by atoms with van der Waals surface area (Å²) in [5.41, 5.74) is 2.37. The number of hydrogen-bond donors (Lipinski definition) is 1. The molecule has 1 N–H and O–H groups in total. The first-order chi connectivity index (χ1) is 14.8. The highest BCUT2D eigenvalue weighted by Crippen LogP contribution is 2.43. The molecule has 0 aliphatic carbocycles. The second kappa shape index (κ2) is 8.09. The van der Waals surface area contributed by atoms with Gasteiger partial charge in [0.15, 0.2) is 4.91 Å². The van der Waals surface area contributed by atoms with Crippen LogP contribution >= 0.6 is 11.6 Å². The highest BCUT2D eigenvalue weighted by molar-refractivity contribution is 7.97. The molecule has 0 saturated heterocycles. The van der Waals surface area contributed by atoms with Crippen LogP contribution in [0.2, 0.25) is 5.02 Å². The van der Waals surface area contributed by atoms with Crippen LogP contribution in [0.3, 0.4) is 0 Å². The monoisotopic (exact) mass is 454 g/mol. The first-order valence-corrected chi connectivity index (χ1v) is 11.2. The van der Waals surface area contributed by atoms with Crippen molar-refractivity contribution in [3.05, 3.63) is 93.9 Å². The zero-order valence-corrected chi connectivity index (χ0v) is 18.4. The fourth-order valence-corrected chi connectivity index (χ4v) is 5.12. The number of carbonyl (C=O) groups excluding carboxylic acids is 1. The van der Waals surface area contributed by atoms with Gasteiger partial charge in [0.2, 0.25) is 0 Å². The molecule has 8 heteroatoms. The number of hydrogen-bond acceptors (Lipinski definition) is 4. The van der Waals surface area contributed by atoms with Crippen LogP contribution in [0.1, 0.15) is 11.1 Å². The largest absolute Gasteiger partial charge is 0.497 e. The van der Waals surface area contributed by atoms with Gasteiger partial charge in [0, 0.05) is 28.9 Å². The predicted molar refractivity (Wildman–Crippen MR) is 123 cm³/mol. The SMILES string of the molecule is COc1ccc(NC(=O)C2=C(c3ccccc3)c3cc(Cl)ccc3N(C)S2(=O)=O)cc1. The van der Waals surface area contributed by atoms with Gasteiger partial charge < -0.3 is 10.1 Å². The molecule has 0 saturated carbocycles. The Morgan fingerprint density at radius 3 is 2.32 bits per heavy atom. The van der Waals surface area contributed by atoms with E-state index >= 15 is 0 Å². The van der Waals surface area contributed by atoms with Crippen LogP contribution in [-0.4, -0.2) is 28.5 Å². The van der Waals surface area contributed by atoms with Crippen molar-refractivity contribution in [2.45, 2.75) is 0 Å². The first kappa shape index (κ1) is 21.0. The van der Waals surface area contributed by atoms with Crippen LogP contribution in [0.25, 0.3) is 5.57 Å². The standard InChI is InChI=1S/C23H19ClN2O4S/c1-26-20-13-8-16(24)14-19(20)21(15-6-4-3-5-7-15)22(31(26,28)29)23(27)25-17-9-11-18(30-2)12-10-17/h3-14H,1-2H3,(H,25,27). The van der Waals surface area contributed by atoms with Crippen LogP contribution in [0.4, 0.5) is 11.4 Å². The van der Waals surface area contributed by atoms with Crippen molar-refractivity contribution in [1.29, 1.82) is 0 Å². The Morgan fingerprint density at radius 1 is 1.00 bits per heavy atom. The summed E-state index contributed by atoms with van der Waals surface area (Å²) in [6.45, 7) is 0. The van der Waals surface area contributed by atoms with E-state index in [4.69, 9.17) is 16.3 Å². The molecular weight excluding hydrogens is 436 g/mol. The first-order valence-electron chi connectivity index (χ1n) is 9.37. The lowest BCUT2D eigenvalue weighted by molar-refractivity contribution is -0.112. The van der Waals surface area contributed by atoms with E-state index in [-0.39, 0.29) is 4.91 Å². The van der Waals surface area contributed by atoms with Crippen molar-refractivity contribution >= 4 is 44.5 Å². The average Bonchev–Trinajstić information content (AvgIpc) is 2.77. The summed E-state index contributed by atoms with van der Waals surface area (Å²) in [7, 11) is -1.16. The van der Waals surface area contributed by atoms with Crippen molar-refractivity contribution in [2.24, 2.45) is 0 Å². The molecule has 31 heavy (non-hydrogen) atoms. The quantitative estimate of drug-likeness (QED) is 0.628. The van der Waals surface area contributed by atoms with E-state index in [1.165, 1.54) is 14.2 Å². The number of nitrogens with zero attached hydrogens (tertiary/aromatic N) is 1. The highest BCUT2D eigenvalue weighted by Gasteiger charge is 2.39. The minimum absolute atomic E-state index is 0.308. The molecule has 4 rings (SSSR count). The molecule has 1 aliphatic heterocycles. The summed E-state index contributed by atoms with van der Waals surface area (Å²) in [6, 6.07) is 20.5. The molecule has 6 nitrogen and oxygen atoms in total. The summed E-state index contributed by atoms with van der Waals surface area (Å²) in [4.78, 5) is 13.0. The Labute approximate surface area is 185 Å². The van der Waals surface area contributed by atoms with Crippen molar-refractivity contribution in [3.8, 4) is 5.75 Å². The smallest absolute Gasteiger partial charge is 0.270 e. The number of anilines is 2. The van der Waals surface area contributed by atoms with Crippen molar-refractivity contribution in [3.63, 3.8) is 0 Å². The van der Waals surface area contributed by atoms with E-state index in [9.17, 15) is 13.2 Å². The Balaban J connectivity index is 1.93. The number of amides is 1. The Kier molecular flexibility index (Phi) is 5.47. The summed E-state index contributed by atoms with van der Waals surface area (Å²) in [5, 5.41) is 3.13. The van der Waals surface area contributed by atoms with Crippen molar-refractivity contribution in [1.82, 2.24) is 0 Å². The lowest BCUT2D eigenvalue weighted by Gasteiger charge is -2.31. The molecule has 3 aromatic rings. The minimum Gasteiger partial charge on any atom is -0.497 e. The fourth-order valence-electron chi connectivity index (χ4n) is 3.49. The lowest BCUT2D eigenvalue weighted by atomic mass is 9.95. The van der Waals surface area contributed by atoms with Gasteiger partial charge >= 0.3 is 0 Å². The van der Waals surface area contributed by atoms with E-state index in [1.54, 1.807) is 66.7 Å². The molecule has 0 spiro atoms. The van der Waals surface area contributed by atoms with E-state index in [2.05, 4.69) is 5.32 Å². The number of ether oxygens (including phenoxy) is 1. The topological polar surface area (TPSA) is 75.7 Å². The van der Waals surface area contributed by atoms with Gasteiger partial charge in [0.1, 0.15) is 5.75 Å². The van der Waals surface area contributed by atoms with Gasteiger partial charge in [0.25, 0.3) is 15.9 Å². The molecule has 0 unspecified atom stereocenters. The maximum absolute atomic E-state index is 13.4. The molecule has 0 aromatic heterocycles. The third kappa shape index (κ3) is 3.78. The van der Waals surface area contributed by atoms with E-state index in [1.807, 2.05) is 6.07 Å². The molecule has 1 amide bonds. The van der Waals surface area contributed by atoms with E-state index in [0.717, 1.165) is 4.31 Å². The molecule has 158 valence electrons. The fraction of sp³-hybridized carbons (Fsp3) is 0.0870. The van der Waals surface area contributed by atoms with Gasteiger partial charge in [-0.3, -0.25) is 9.10 Å². The number of carbonyl (C=O) groups is 1. The maximum atomic E-state index is 13.4. The number of sulfonamides is 1. The third-order valence-corrected chi connectivity index (χ3v) is 7.09. The number of nitrogens with one attached hydrogen (secondary N) is 1. The molecule has 1 heterocycles. The van der Waals surface area contributed by atoms with Gasteiger partial charge in [-0.1, -0.05) is 41.9 Å². The molecule has 3 aromatic carbocycles. The van der Waals surface area contributed by atoms with Crippen LogP contribution < -0.4 is 14.4 Å². The van der Waals surface area contributed by atoms with Gasteiger partial charge in [-0.15, -0.1) is 0 Å². The summed E-state index contributed by atoms with van der Waals surface area (Å²) in [5.74, 6) is -0.114. The Hall–Kier alpha value is -3.29. The van der Waals surface area contributed by atoms with Crippen molar-refractivity contribution in [2.75, 3.05) is 23.8 Å². The van der Waals surface area contributed by atoms with Gasteiger partial charge in [-0.2, -0.15) is 0 Å². The van der Waals surface area contributed by atoms with E-state index in [0.29, 0.717) is 38.8 Å².